The normalized spacial score (nSPS) is 12.2. The first-order valence-corrected chi connectivity index (χ1v) is 11.7. The zero-order chi connectivity index (χ0) is 24.1. The van der Waals surface area contributed by atoms with Gasteiger partial charge in [-0.15, -0.1) is 0 Å². The van der Waals surface area contributed by atoms with Gasteiger partial charge in [0.1, 0.15) is 12.3 Å². The van der Waals surface area contributed by atoms with E-state index in [0.717, 1.165) is 12.0 Å². The number of benzene rings is 1. The lowest BCUT2D eigenvalue weighted by Crippen LogP contribution is -2.46. The molecule has 1 rings (SSSR count). The van der Waals surface area contributed by atoms with Crippen LogP contribution in [0.4, 0.5) is 5.69 Å². The van der Waals surface area contributed by atoms with Gasteiger partial charge in [-0.2, -0.15) is 11.8 Å². The second-order valence-electron chi connectivity index (χ2n) is 7.24. The Morgan fingerprint density at radius 2 is 1.78 bits per heavy atom. The second kappa shape index (κ2) is 14.2. The molecule has 0 aromatic heterocycles. The van der Waals surface area contributed by atoms with E-state index < -0.39 is 23.1 Å². The van der Waals surface area contributed by atoms with Gasteiger partial charge in [-0.05, 0) is 37.3 Å². The molecular weight excluding hydrogens is 432 g/mol. The molecule has 1 aromatic carbocycles. The Kier molecular flexibility index (Phi) is 12.1. The number of carbonyl (C=O) groups excluding carboxylic acids is 5. The molecule has 0 bridgehead atoms. The fourth-order valence-electron chi connectivity index (χ4n) is 2.71. The van der Waals surface area contributed by atoms with Crippen molar-refractivity contribution < 1.29 is 24.0 Å². The smallest absolute Gasteiger partial charge is 0.246 e. The van der Waals surface area contributed by atoms with Crippen LogP contribution >= 0.6 is 11.8 Å². The summed E-state index contributed by atoms with van der Waals surface area (Å²) in [6.45, 7) is 3.48. The topological polar surface area (TPSA) is 125 Å². The van der Waals surface area contributed by atoms with E-state index in [4.69, 9.17) is 0 Å². The van der Waals surface area contributed by atoms with Crippen molar-refractivity contribution in [1.29, 1.82) is 0 Å². The molecule has 1 aromatic rings. The summed E-state index contributed by atoms with van der Waals surface area (Å²) in [7, 11) is 1.56. The lowest BCUT2D eigenvalue weighted by Gasteiger charge is -2.21. The Morgan fingerprint density at radius 1 is 1.12 bits per heavy atom. The summed E-state index contributed by atoms with van der Waals surface area (Å²) in [6, 6.07) is 6.66. The number of thioether (sulfide) groups is 1. The number of carbonyl (C=O) groups is 5. The molecule has 10 heteroatoms. The first kappa shape index (κ1) is 27.2. The molecule has 0 fully saturated rings. The predicted octanol–water partition coefficient (Wildman–Crippen LogP) is 0.978. The lowest BCUT2D eigenvalue weighted by atomic mass is 10.1. The summed E-state index contributed by atoms with van der Waals surface area (Å²) in [5.41, 5.74) is 1.79. The molecule has 0 saturated heterocycles. The van der Waals surface area contributed by atoms with Crippen LogP contribution in [0.1, 0.15) is 32.3 Å². The zero-order valence-corrected chi connectivity index (χ0v) is 19.8. The highest BCUT2D eigenvalue weighted by Gasteiger charge is 2.21. The van der Waals surface area contributed by atoms with Gasteiger partial charge in [-0.3, -0.25) is 19.2 Å². The minimum atomic E-state index is -0.782. The Labute approximate surface area is 193 Å². The van der Waals surface area contributed by atoms with Crippen molar-refractivity contribution in [2.45, 2.75) is 44.4 Å². The average molecular weight is 465 g/mol. The molecule has 0 saturated carbocycles. The third kappa shape index (κ3) is 9.51. The Hall–Kier alpha value is -2.88. The van der Waals surface area contributed by atoms with Crippen molar-refractivity contribution in [2.24, 2.45) is 0 Å². The van der Waals surface area contributed by atoms with Crippen molar-refractivity contribution in [1.82, 2.24) is 15.5 Å². The third-order valence-electron chi connectivity index (χ3n) is 4.77. The largest absolute Gasteiger partial charge is 0.347 e. The fraction of sp³-hybridized carbons (Fsp3) is 0.500. The van der Waals surface area contributed by atoms with Gasteiger partial charge in [0, 0.05) is 32.1 Å². The highest BCUT2D eigenvalue weighted by atomic mass is 32.2. The molecule has 2 unspecified atom stereocenters. The number of hydrogen-bond donors (Lipinski definition) is 3. The third-order valence-corrected chi connectivity index (χ3v) is 5.73. The number of aryl methyl sites for hydroxylation is 1. The quantitative estimate of drug-likeness (QED) is 0.374. The van der Waals surface area contributed by atoms with Crippen molar-refractivity contribution in [3.63, 3.8) is 0 Å². The van der Waals surface area contributed by atoms with E-state index in [-0.39, 0.29) is 37.7 Å². The molecule has 2 atom stereocenters. The molecule has 0 radical (unpaired) electrons. The average Bonchev–Trinajstić information content (AvgIpc) is 2.79. The molecule has 0 heterocycles. The number of nitrogens with one attached hydrogen (secondary N) is 3. The molecule has 4 amide bonds. The van der Waals surface area contributed by atoms with Gasteiger partial charge >= 0.3 is 0 Å². The maximum absolute atomic E-state index is 12.2. The maximum Gasteiger partial charge on any atom is 0.246 e. The van der Waals surface area contributed by atoms with Crippen LogP contribution in [0.3, 0.4) is 0 Å². The minimum absolute atomic E-state index is 0.0154. The monoisotopic (exact) mass is 464 g/mol. The van der Waals surface area contributed by atoms with Crippen molar-refractivity contribution in [3.8, 4) is 0 Å². The summed E-state index contributed by atoms with van der Waals surface area (Å²) < 4.78 is 0. The van der Waals surface area contributed by atoms with Gasteiger partial charge in [0.05, 0.1) is 11.8 Å². The summed E-state index contributed by atoms with van der Waals surface area (Å²) >= 11 is 1.28. The molecule has 3 N–H and O–H groups in total. The van der Waals surface area contributed by atoms with Crippen molar-refractivity contribution in [3.05, 3.63) is 29.8 Å². The molecular formula is C22H32N4O5S. The standard InChI is InChI=1S/C22H32N4O5S/c1-5-16-6-8-17(9-7-16)25-21(30)15(2)24-20(29)14-23-19(28)10-12-26(3)22(31)18(32-4)11-13-27/h6-9,13,15,18H,5,10-12,14H2,1-4H3,(H,23,28)(H,24,29)(H,25,30). The maximum atomic E-state index is 12.2. The first-order chi connectivity index (χ1) is 15.2. The van der Waals surface area contributed by atoms with Gasteiger partial charge in [0.2, 0.25) is 23.6 Å². The highest BCUT2D eigenvalue weighted by molar-refractivity contribution is 7.99. The van der Waals surface area contributed by atoms with Crippen LogP contribution in [0.15, 0.2) is 24.3 Å². The van der Waals surface area contributed by atoms with Crippen LogP contribution in [-0.2, 0) is 30.4 Å². The van der Waals surface area contributed by atoms with Gasteiger partial charge in [-0.1, -0.05) is 19.1 Å². The van der Waals surface area contributed by atoms with Crippen LogP contribution in [0.5, 0.6) is 0 Å². The second-order valence-corrected chi connectivity index (χ2v) is 8.28. The summed E-state index contributed by atoms with van der Waals surface area (Å²) in [5.74, 6) is -1.49. The van der Waals surface area contributed by atoms with E-state index in [1.54, 1.807) is 32.4 Å². The number of anilines is 1. The summed E-state index contributed by atoms with van der Waals surface area (Å²) in [5, 5.41) is 7.26. The summed E-state index contributed by atoms with van der Waals surface area (Å²) in [4.78, 5) is 60.5. The van der Waals surface area contributed by atoms with Crippen molar-refractivity contribution >= 4 is 47.4 Å². The van der Waals surface area contributed by atoms with E-state index in [1.165, 1.54) is 16.7 Å². The Bertz CT molecular complexity index is 800. The molecule has 32 heavy (non-hydrogen) atoms. The van der Waals surface area contributed by atoms with Gasteiger partial charge < -0.3 is 25.6 Å². The van der Waals surface area contributed by atoms with E-state index in [1.807, 2.05) is 19.1 Å². The molecule has 0 aliphatic carbocycles. The predicted molar refractivity (Wildman–Crippen MR) is 125 cm³/mol. The van der Waals surface area contributed by atoms with Gasteiger partial charge in [0.25, 0.3) is 0 Å². The van der Waals surface area contributed by atoms with Crippen LogP contribution in [0.2, 0.25) is 0 Å². The van der Waals surface area contributed by atoms with E-state index in [2.05, 4.69) is 16.0 Å². The molecule has 176 valence electrons. The molecule has 0 aliphatic rings. The van der Waals surface area contributed by atoms with E-state index >= 15 is 0 Å². The number of amides is 4. The van der Waals surface area contributed by atoms with Crippen LogP contribution < -0.4 is 16.0 Å². The zero-order valence-electron chi connectivity index (χ0n) is 19.0. The van der Waals surface area contributed by atoms with Gasteiger partial charge in [-0.25, -0.2) is 0 Å². The van der Waals surface area contributed by atoms with Crippen molar-refractivity contribution in [2.75, 3.05) is 31.7 Å². The van der Waals surface area contributed by atoms with Crippen LogP contribution in [-0.4, -0.2) is 72.5 Å². The SMILES string of the molecule is CCc1ccc(NC(=O)C(C)NC(=O)CNC(=O)CCN(C)C(=O)C(CC=O)SC)cc1. The number of hydrogen-bond acceptors (Lipinski definition) is 6. The number of rotatable bonds is 13. The first-order valence-electron chi connectivity index (χ1n) is 10.4. The molecule has 0 spiro atoms. The van der Waals surface area contributed by atoms with Gasteiger partial charge in [0.15, 0.2) is 0 Å². The highest BCUT2D eigenvalue weighted by Crippen LogP contribution is 2.13. The van der Waals surface area contributed by atoms with Crippen LogP contribution in [0, 0.1) is 0 Å². The summed E-state index contributed by atoms with van der Waals surface area (Å²) in [6.07, 6.45) is 3.47. The Balaban J connectivity index is 2.36. The van der Waals surface area contributed by atoms with Crippen LogP contribution in [0.25, 0.3) is 0 Å². The minimum Gasteiger partial charge on any atom is -0.347 e. The van der Waals surface area contributed by atoms with E-state index in [0.29, 0.717) is 12.0 Å². The lowest BCUT2D eigenvalue weighted by molar-refractivity contribution is -0.131. The van der Waals surface area contributed by atoms with E-state index in [9.17, 15) is 24.0 Å². The molecule has 0 aliphatic heterocycles. The number of nitrogens with zero attached hydrogens (tertiary/aromatic N) is 1. The molecule has 9 nitrogen and oxygen atoms in total. The fourth-order valence-corrected chi connectivity index (χ4v) is 3.36. The number of aldehydes is 1. The Morgan fingerprint density at radius 3 is 2.34 bits per heavy atom.